The molecule has 1 N–H and O–H groups in total. The molecule has 1 aromatic heterocycles. The lowest BCUT2D eigenvalue weighted by molar-refractivity contribution is 0.0946. The van der Waals surface area contributed by atoms with E-state index in [0.717, 1.165) is 5.56 Å². The molecule has 2 rings (SSSR count). The molecule has 5 nitrogen and oxygen atoms in total. The lowest BCUT2D eigenvalue weighted by Gasteiger charge is -2.11. The minimum atomic E-state index is -0.455. The minimum absolute atomic E-state index is 0.0153. The Morgan fingerprint density at radius 3 is 2.48 bits per heavy atom. The Hall–Kier alpha value is -1.69. The number of carbonyl (C=O) groups excluding carboxylic acids is 1. The summed E-state index contributed by atoms with van der Waals surface area (Å²) in [5.41, 5.74) is 0.841. The van der Waals surface area contributed by atoms with Crippen LogP contribution in [0.2, 0.25) is 15.1 Å². The average molecular weight is 376 g/mol. The summed E-state index contributed by atoms with van der Waals surface area (Å²) in [6, 6.07) is 5.33. The van der Waals surface area contributed by atoms with E-state index in [1.54, 1.807) is 26.4 Å². The highest BCUT2D eigenvalue weighted by molar-refractivity contribution is 6.48. The molecule has 0 saturated heterocycles. The molecule has 0 aliphatic heterocycles. The van der Waals surface area contributed by atoms with Gasteiger partial charge in [0.2, 0.25) is 0 Å². The van der Waals surface area contributed by atoms with Gasteiger partial charge in [0, 0.05) is 12.7 Å². The number of rotatable bonds is 5. The van der Waals surface area contributed by atoms with E-state index >= 15 is 0 Å². The predicted molar refractivity (Wildman–Crippen MR) is 90.0 cm³/mol. The number of ether oxygens (including phenoxy) is 2. The Kier molecular flexibility index (Phi) is 5.93. The largest absolute Gasteiger partial charge is 0.493 e. The van der Waals surface area contributed by atoms with Crippen molar-refractivity contribution in [2.45, 2.75) is 6.54 Å². The van der Waals surface area contributed by atoms with E-state index in [1.165, 1.54) is 6.20 Å². The van der Waals surface area contributed by atoms with Gasteiger partial charge in [-0.3, -0.25) is 4.79 Å². The third-order valence-corrected chi connectivity index (χ3v) is 4.27. The maximum Gasteiger partial charge on any atom is 0.271 e. The van der Waals surface area contributed by atoms with Gasteiger partial charge in [-0.25, -0.2) is 4.98 Å². The maximum atomic E-state index is 12.2. The molecule has 1 aromatic carbocycles. The van der Waals surface area contributed by atoms with Gasteiger partial charge < -0.3 is 14.8 Å². The molecule has 0 radical (unpaired) electrons. The van der Waals surface area contributed by atoms with Crippen molar-refractivity contribution in [3.8, 4) is 11.5 Å². The zero-order valence-electron chi connectivity index (χ0n) is 12.3. The second-order valence-corrected chi connectivity index (χ2v) is 5.62. The van der Waals surface area contributed by atoms with Crippen molar-refractivity contribution in [3.63, 3.8) is 0 Å². The molecule has 0 atom stereocenters. The first-order valence-corrected chi connectivity index (χ1v) is 7.60. The summed E-state index contributed by atoms with van der Waals surface area (Å²) in [5.74, 6) is 0.727. The standard InChI is InChI=1S/C15H13Cl3N2O3/c1-22-10-4-3-8(5-11(10)23-2)6-20-15(21)14-13(18)12(17)9(16)7-19-14/h3-5,7H,6H2,1-2H3,(H,20,21). The zero-order valence-corrected chi connectivity index (χ0v) is 14.6. The summed E-state index contributed by atoms with van der Waals surface area (Å²) < 4.78 is 10.4. The van der Waals surface area contributed by atoms with Gasteiger partial charge in [0.1, 0.15) is 5.69 Å². The fourth-order valence-electron chi connectivity index (χ4n) is 1.86. The van der Waals surface area contributed by atoms with Crippen LogP contribution in [0.1, 0.15) is 16.1 Å². The summed E-state index contributed by atoms with van der Waals surface area (Å²) >= 11 is 17.7. The Labute approximate surface area is 148 Å². The van der Waals surface area contributed by atoms with E-state index in [9.17, 15) is 4.79 Å². The second-order valence-electron chi connectivity index (χ2n) is 4.45. The van der Waals surface area contributed by atoms with Crippen molar-refractivity contribution < 1.29 is 14.3 Å². The van der Waals surface area contributed by atoms with E-state index in [2.05, 4.69) is 10.3 Å². The normalized spacial score (nSPS) is 10.3. The van der Waals surface area contributed by atoms with Crippen molar-refractivity contribution in [3.05, 3.63) is 50.7 Å². The van der Waals surface area contributed by atoms with Crippen LogP contribution >= 0.6 is 34.8 Å². The topological polar surface area (TPSA) is 60.5 Å². The summed E-state index contributed by atoms with van der Waals surface area (Å²) in [6.45, 7) is 0.261. The lowest BCUT2D eigenvalue weighted by Crippen LogP contribution is -2.24. The average Bonchev–Trinajstić information content (AvgIpc) is 2.57. The van der Waals surface area contributed by atoms with Crippen molar-refractivity contribution >= 4 is 40.7 Å². The van der Waals surface area contributed by atoms with E-state index in [-0.39, 0.29) is 27.3 Å². The molecule has 23 heavy (non-hydrogen) atoms. The first-order chi connectivity index (χ1) is 11.0. The quantitative estimate of drug-likeness (QED) is 0.858. The number of nitrogens with zero attached hydrogens (tertiary/aromatic N) is 1. The van der Waals surface area contributed by atoms with Crippen LogP contribution in [0.15, 0.2) is 24.4 Å². The highest BCUT2D eigenvalue weighted by Gasteiger charge is 2.17. The Balaban J connectivity index is 2.12. The van der Waals surface area contributed by atoms with E-state index in [4.69, 9.17) is 44.3 Å². The fraction of sp³-hybridized carbons (Fsp3) is 0.200. The molecule has 0 bridgehead atoms. The molecule has 122 valence electrons. The Morgan fingerprint density at radius 1 is 1.13 bits per heavy atom. The number of hydrogen-bond acceptors (Lipinski definition) is 4. The molecule has 0 aliphatic rings. The molecule has 1 heterocycles. The van der Waals surface area contributed by atoms with Gasteiger partial charge >= 0.3 is 0 Å². The SMILES string of the molecule is COc1ccc(CNC(=O)c2ncc(Cl)c(Cl)c2Cl)cc1OC. The summed E-state index contributed by atoms with van der Waals surface area (Å²) in [7, 11) is 3.09. The zero-order chi connectivity index (χ0) is 17.0. The molecule has 0 saturated carbocycles. The van der Waals surface area contributed by atoms with E-state index in [0.29, 0.717) is 11.5 Å². The van der Waals surface area contributed by atoms with Gasteiger partial charge in [-0.15, -0.1) is 0 Å². The molecule has 2 aromatic rings. The van der Waals surface area contributed by atoms with Gasteiger partial charge in [-0.05, 0) is 17.7 Å². The Morgan fingerprint density at radius 2 is 1.83 bits per heavy atom. The van der Waals surface area contributed by atoms with Gasteiger partial charge in [-0.2, -0.15) is 0 Å². The van der Waals surface area contributed by atoms with Crippen LogP contribution in [-0.2, 0) is 6.54 Å². The van der Waals surface area contributed by atoms with Crippen molar-refractivity contribution in [1.29, 1.82) is 0 Å². The number of methoxy groups -OCH3 is 2. The second kappa shape index (κ2) is 7.73. The van der Waals surface area contributed by atoms with E-state index in [1.807, 2.05) is 6.07 Å². The summed E-state index contributed by atoms with van der Waals surface area (Å²) in [6.07, 6.45) is 1.28. The molecule has 0 spiro atoms. The van der Waals surface area contributed by atoms with Crippen LogP contribution in [0, 0.1) is 0 Å². The lowest BCUT2D eigenvalue weighted by atomic mass is 10.2. The minimum Gasteiger partial charge on any atom is -0.493 e. The predicted octanol–water partition coefficient (Wildman–Crippen LogP) is 3.99. The summed E-state index contributed by atoms with van der Waals surface area (Å²) in [5, 5.41) is 3.01. The van der Waals surface area contributed by atoms with E-state index < -0.39 is 5.91 Å². The highest BCUT2D eigenvalue weighted by Crippen LogP contribution is 2.31. The molecule has 8 heteroatoms. The van der Waals surface area contributed by atoms with Crippen LogP contribution in [0.4, 0.5) is 0 Å². The molecule has 0 fully saturated rings. The fourth-order valence-corrected chi connectivity index (χ4v) is 2.42. The van der Waals surface area contributed by atoms with Gasteiger partial charge in [0.05, 0.1) is 29.3 Å². The number of halogens is 3. The number of amides is 1. The first-order valence-electron chi connectivity index (χ1n) is 6.46. The number of pyridine rings is 1. The number of hydrogen-bond donors (Lipinski definition) is 1. The summed E-state index contributed by atoms with van der Waals surface area (Å²) in [4.78, 5) is 16.1. The van der Waals surface area contributed by atoms with Gasteiger partial charge in [-0.1, -0.05) is 40.9 Å². The molecular formula is C15H13Cl3N2O3. The van der Waals surface area contributed by atoms with Crippen LogP contribution in [0.3, 0.4) is 0 Å². The van der Waals surface area contributed by atoms with Crippen LogP contribution in [0.5, 0.6) is 11.5 Å². The molecule has 0 unspecified atom stereocenters. The molecule has 0 aliphatic carbocycles. The molecular weight excluding hydrogens is 363 g/mol. The third-order valence-electron chi connectivity index (χ3n) is 3.03. The number of nitrogens with one attached hydrogen (secondary N) is 1. The van der Waals surface area contributed by atoms with Crippen LogP contribution in [-0.4, -0.2) is 25.1 Å². The smallest absolute Gasteiger partial charge is 0.271 e. The van der Waals surface area contributed by atoms with Crippen molar-refractivity contribution in [1.82, 2.24) is 10.3 Å². The van der Waals surface area contributed by atoms with Crippen molar-refractivity contribution in [2.24, 2.45) is 0 Å². The third kappa shape index (κ3) is 3.99. The van der Waals surface area contributed by atoms with Crippen LogP contribution < -0.4 is 14.8 Å². The number of carbonyl (C=O) groups is 1. The Bertz CT molecular complexity index is 738. The highest BCUT2D eigenvalue weighted by atomic mass is 35.5. The monoisotopic (exact) mass is 374 g/mol. The maximum absolute atomic E-state index is 12.2. The van der Waals surface area contributed by atoms with Gasteiger partial charge in [0.15, 0.2) is 11.5 Å². The first kappa shape index (κ1) is 17.7. The van der Waals surface area contributed by atoms with Crippen molar-refractivity contribution in [2.75, 3.05) is 14.2 Å². The number of benzene rings is 1. The number of aromatic nitrogens is 1. The van der Waals surface area contributed by atoms with Gasteiger partial charge in [0.25, 0.3) is 5.91 Å². The van der Waals surface area contributed by atoms with Crippen LogP contribution in [0.25, 0.3) is 0 Å². The molecule has 1 amide bonds.